The molecule has 0 aromatic carbocycles. The number of carboxylic acid groups (broad SMARTS) is 1. The highest BCUT2D eigenvalue weighted by Crippen LogP contribution is 2.20. The molecule has 0 aromatic heterocycles. The lowest BCUT2D eigenvalue weighted by atomic mass is 10.0. The van der Waals surface area contributed by atoms with Crippen molar-refractivity contribution in [3.8, 4) is 0 Å². The fraction of sp³-hybridized carbons (Fsp3) is 0.727. The van der Waals surface area contributed by atoms with Gasteiger partial charge in [0.05, 0.1) is 6.04 Å². The van der Waals surface area contributed by atoms with Crippen LogP contribution in [0.1, 0.15) is 58.8 Å². The van der Waals surface area contributed by atoms with Crippen molar-refractivity contribution in [1.82, 2.24) is 15.5 Å². The minimum atomic E-state index is -1.23. The first kappa shape index (κ1) is 30.6. The third-order valence-electron chi connectivity index (χ3n) is 5.75. The Hall–Kier alpha value is -3.42. The van der Waals surface area contributed by atoms with Crippen molar-refractivity contribution < 1.29 is 29.1 Å². The van der Waals surface area contributed by atoms with E-state index >= 15 is 0 Å². The Balaban J connectivity index is 2.92. The van der Waals surface area contributed by atoms with Crippen molar-refractivity contribution >= 4 is 35.6 Å². The molecule has 0 aliphatic carbocycles. The van der Waals surface area contributed by atoms with Crippen molar-refractivity contribution in [2.24, 2.45) is 33.8 Å². The first-order valence-electron chi connectivity index (χ1n) is 12.1. The second kappa shape index (κ2) is 14.9. The lowest BCUT2D eigenvalue weighted by Gasteiger charge is -2.30. The molecular weight excluding hydrogens is 472 g/mol. The zero-order chi connectivity index (χ0) is 27.4. The van der Waals surface area contributed by atoms with Gasteiger partial charge in [-0.2, -0.15) is 0 Å². The molecule has 1 aliphatic rings. The molecule has 0 aromatic rings. The van der Waals surface area contributed by atoms with Crippen molar-refractivity contribution in [3.63, 3.8) is 0 Å². The van der Waals surface area contributed by atoms with Gasteiger partial charge in [-0.25, -0.2) is 4.79 Å². The summed E-state index contributed by atoms with van der Waals surface area (Å²) in [5.74, 6) is -3.56. The Morgan fingerprint density at radius 2 is 1.72 bits per heavy atom. The molecule has 0 bridgehead atoms. The van der Waals surface area contributed by atoms with Crippen LogP contribution in [-0.4, -0.2) is 82.8 Å². The average molecular weight is 513 g/mol. The number of aliphatic carboxylic acids is 1. The van der Waals surface area contributed by atoms with E-state index in [0.29, 0.717) is 25.7 Å². The summed E-state index contributed by atoms with van der Waals surface area (Å²) in [6.07, 6.45) is 1.43. The number of likely N-dealkylation sites (tertiary alicyclic amines) is 1. The van der Waals surface area contributed by atoms with Crippen LogP contribution >= 0.6 is 0 Å². The SMILES string of the molecule is CC(C)CC(N)C(=O)NC(CCC(N)=O)C(=O)N1CCCC1C(=O)NC(CCCN=C(N)N)C(=O)O. The van der Waals surface area contributed by atoms with E-state index in [-0.39, 0.29) is 44.2 Å². The van der Waals surface area contributed by atoms with Gasteiger partial charge in [0.2, 0.25) is 23.6 Å². The zero-order valence-electron chi connectivity index (χ0n) is 20.9. The Kier molecular flexibility index (Phi) is 12.6. The van der Waals surface area contributed by atoms with E-state index in [1.807, 2.05) is 13.8 Å². The van der Waals surface area contributed by atoms with Crippen LogP contribution in [0.25, 0.3) is 0 Å². The lowest BCUT2D eigenvalue weighted by Crippen LogP contribution is -2.57. The fourth-order valence-electron chi connectivity index (χ4n) is 3.97. The molecular formula is C22H40N8O6. The number of hydrogen-bond acceptors (Lipinski definition) is 7. The van der Waals surface area contributed by atoms with E-state index in [4.69, 9.17) is 22.9 Å². The van der Waals surface area contributed by atoms with Gasteiger partial charge in [-0.3, -0.25) is 24.2 Å². The summed E-state index contributed by atoms with van der Waals surface area (Å²) in [6, 6.07) is -4.06. The summed E-state index contributed by atoms with van der Waals surface area (Å²) in [4.78, 5) is 66.9. The second-order valence-electron chi connectivity index (χ2n) is 9.34. The van der Waals surface area contributed by atoms with Crippen LogP contribution in [0.4, 0.5) is 0 Å². The van der Waals surface area contributed by atoms with Gasteiger partial charge < -0.3 is 43.6 Å². The number of carbonyl (C=O) groups is 5. The normalized spacial score (nSPS) is 17.7. The molecule has 4 atom stereocenters. The van der Waals surface area contributed by atoms with E-state index in [1.165, 1.54) is 4.90 Å². The molecule has 36 heavy (non-hydrogen) atoms. The van der Waals surface area contributed by atoms with Gasteiger partial charge in [0.1, 0.15) is 18.1 Å². The Bertz CT molecular complexity index is 829. The molecule has 14 heteroatoms. The smallest absolute Gasteiger partial charge is 0.326 e. The summed E-state index contributed by atoms with van der Waals surface area (Å²) >= 11 is 0. The van der Waals surface area contributed by atoms with Gasteiger partial charge in [0.15, 0.2) is 5.96 Å². The molecule has 11 N–H and O–H groups in total. The Morgan fingerprint density at radius 1 is 1.06 bits per heavy atom. The van der Waals surface area contributed by atoms with Gasteiger partial charge in [-0.15, -0.1) is 0 Å². The molecule has 1 aliphatic heterocycles. The number of guanidine groups is 1. The molecule has 1 rings (SSSR count). The number of aliphatic imine (C=N–C) groups is 1. The predicted molar refractivity (Wildman–Crippen MR) is 132 cm³/mol. The summed E-state index contributed by atoms with van der Waals surface area (Å²) in [5, 5.41) is 14.6. The van der Waals surface area contributed by atoms with Crippen LogP contribution in [0.15, 0.2) is 4.99 Å². The van der Waals surface area contributed by atoms with Crippen molar-refractivity contribution in [2.75, 3.05) is 13.1 Å². The molecule has 0 saturated carbocycles. The van der Waals surface area contributed by atoms with Gasteiger partial charge in [0.25, 0.3) is 0 Å². The van der Waals surface area contributed by atoms with Crippen molar-refractivity contribution in [3.05, 3.63) is 0 Å². The van der Waals surface area contributed by atoms with Crippen LogP contribution in [0.5, 0.6) is 0 Å². The van der Waals surface area contributed by atoms with Crippen molar-refractivity contribution in [2.45, 2.75) is 83.0 Å². The standard InChI is InChI=1S/C22H40N8O6/c1-12(2)11-13(23)18(32)28-14(7-8-17(24)31)20(34)30-10-4-6-16(30)19(33)29-15(21(35)36)5-3-9-27-22(25)26/h12-16H,3-11,23H2,1-2H3,(H2,24,31)(H,28,32)(H,29,33)(H,35,36)(H4,25,26,27). The molecule has 0 spiro atoms. The van der Waals surface area contributed by atoms with Gasteiger partial charge in [0, 0.05) is 19.5 Å². The minimum absolute atomic E-state index is 0.0539. The first-order chi connectivity index (χ1) is 16.8. The predicted octanol–water partition coefficient (Wildman–Crippen LogP) is -2.28. The molecule has 1 saturated heterocycles. The highest BCUT2D eigenvalue weighted by atomic mass is 16.4. The number of carbonyl (C=O) groups excluding carboxylic acids is 4. The Labute approximate surface area is 210 Å². The quantitative estimate of drug-likeness (QED) is 0.0708. The summed E-state index contributed by atoms with van der Waals surface area (Å²) in [7, 11) is 0. The highest BCUT2D eigenvalue weighted by molar-refractivity contribution is 5.94. The maximum Gasteiger partial charge on any atom is 0.326 e. The molecule has 14 nitrogen and oxygen atoms in total. The van der Waals surface area contributed by atoms with Gasteiger partial charge in [-0.1, -0.05) is 13.8 Å². The number of primary amides is 1. The number of nitrogens with one attached hydrogen (secondary N) is 2. The van der Waals surface area contributed by atoms with E-state index < -0.39 is 53.8 Å². The average Bonchev–Trinajstić information content (AvgIpc) is 3.27. The largest absolute Gasteiger partial charge is 0.480 e. The lowest BCUT2D eigenvalue weighted by molar-refractivity contribution is -0.145. The number of rotatable bonds is 15. The van der Waals surface area contributed by atoms with E-state index in [2.05, 4.69) is 15.6 Å². The van der Waals surface area contributed by atoms with E-state index in [1.54, 1.807) is 0 Å². The molecule has 4 unspecified atom stereocenters. The van der Waals surface area contributed by atoms with Crippen LogP contribution in [-0.2, 0) is 24.0 Å². The number of amides is 4. The zero-order valence-corrected chi connectivity index (χ0v) is 20.9. The molecule has 204 valence electrons. The molecule has 1 fully saturated rings. The van der Waals surface area contributed by atoms with Crippen LogP contribution in [0, 0.1) is 5.92 Å². The van der Waals surface area contributed by atoms with Gasteiger partial charge >= 0.3 is 5.97 Å². The molecule has 0 radical (unpaired) electrons. The third kappa shape index (κ3) is 10.5. The second-order valence-corrected chi connectivity index (χ2v) is 9.34. The van der Waals surface area contributed by atoms with E-state index in [0.717, 1.165) is 0 Å². The third-order valence-corrected chi connectivity index (χ3v) is 5.75. The monoisotopic (exact) mass is 512 g/mol. The van der Waals surface area contributed by atoms with Gasteiger partial charge in [-0.05, 0) is 44.4 Å². The maximum absolute atomic E-state index is 13.3. The van der Waals surface area contributed by atoms with E-state index in [9.17, 15) is 29.1 Å². The summed E-state index contributed by atoms with van der Waals surface area (Å²) in [5.41, 5.74) is 21.7. The Morgan fingerprint density at radius 3 is 2.28 bits per heavy atom. The number of nitrogens with zero attached hydrogens (tertiary/aromatic N) is 2. The topological polar surface area (TPSA) is 249 Å². The molecule has 1 heterocycles. The number of nitrogens with two attached hydrogens (primary N) is 4. The minimum Gasteiger partial charge on any atom is -0.480 e. The fourth-order valence-corrected chi connectivity index (χ4v) is 3.97. The van der Waals surface area contributed by atoms with Crippen LogP contribution < -0.4 is 33.6 Å². The number of carboxylic acids is 1. The first-order valence-corrected chi connectivity index (χ1v) is 12.1. The highest BCUT2D eigenvalue weighted by Gasteiger charge is 2.39. The van der Waals surface area contributed by atoms with Crippen LogP contribution in [0.3, 0.4) is 0 Å². The number of hydrogen-bond donors (Lipinski definition) is 7. The molecule has 4 amide bonds. The maximum atomic E-state index is 13.3. The summed E-state index contributed by atoms with van der Waals surface area (Å²) < 4.78 is 0. The summed E-state index contributed by atoms with van der Waals surface area (Å²) in [6.45, 7) is 4.25. The van der Waals surface area contributed by atoms with Crippen LogP contribution in [0.2, 0.25) is 0 Å². The van der Waals surface area contributed by atoms with Crippen molar-refractivity contribution in [1.29, 1.82) is 0 Å².